The van der Waals surface area contributed by atoms with Gasteiger partial charge in [0.2, 0.25) is 0 Å². The van der Waals surface area contributed by atoms with Gasteiger partial charge in [0, 0.05) is 36.0 Å². The number of nitrogens with one attached hydrogen (secondary N) is 2. The zero-order chi connectivity index (χ0) is 18.4. The fourth-order valence-corrected chi connectivity index (χ4v) is 3.22. The van der Waals surface area contributed by atoms with Gasteiger partial charge in [-0.25, -0.2) is 0 Å². The molecule has 3 rings (SSSR count). The number of hydrogen-bond acceptors (Lipinski definition) is 3. The lowest BCUT2D eigenvalue weighted by Crippen LogP contribution is -2.36. The lowest BCUT2D eigenvalue weighted by Gasteiger charge is -2.17. The average Bonchev–Trinajstić information content (AvgIpc) is 3.17. The second-order valence-electron chi connectivity index (χ2n) is 6.33. The molecule has 26 heavy (non-hydrogen) atoms. The molecule has 1 heterocycles. The van der Waals surface area contributed by atoms with Gasteiger partial charge in [-0.2, -0.15) is 0 Å². The van der Waals surface area contributed by atoms with Crippen molar-refractivity contribution in [3.63, 3.8) is 0 Å². The van der Waals surface area contributed by atoms with Gasteiger partial charge in [-0.05, 0) is 61.2 Å². The molecule has 1 saturated heterocycles. The SMILES string of the molecule is O=C(NCCc1cccc(Cl)c1)C(=O)Nc1ccc(N2CCCC2)cc1. The molecule has 1 fully saturated rings. The van der Waals surface area contributed by atoms with Crippen LogP contribution in [0.4, 0.5) is 11.4 Å². The summed E-state index contributed by atoms with van der Waals surface area (Å²) in [6, 6.07) is 15.0. The Morgan fingerprint density at radius 2 is 1.73 bits per heavy atom. The van der Waals surface area contributed by atoms with E-state index in [4.69, 9.17) is 11.6 Å². The lowest BCUT2D eigenvalue weighted by molar-refractivity contribution is -0.136. The molecule has 5 nitrogen and oxygen atoms in total. The topological polar surface area (TPSA) is 61.4 Å². The summed E-state index contributed by atoms with van der Waals surface area (Å²) in [6.45, 7) is 2.52. The normalized spacial score (nSPS) is 13.5. The van der Waals surface area contributed by atoms with Crippen molar-refractivity contribution < 1.29 is 9.59 Å². The first kappa shape index (κ1) is 18.3. The molecule has 0 atom stereocenters. The van der Waals surface area contributed by atoms with E-state index in [0.717, 1.165) is 24.3 Å². The average molecular weight is 372 g/mol. The van der Waals surface area contributed by atoms with Gasteiger partial charge in [-0.3, -0.25) is 9.59 Å². The second-order valence-corrected chi connectivity index (χ2v) is 6.77. The van der Waals surface area contributed by atoms with Crippen molar-refractivity contribution in [2.75, 3.05) is 29.9 Å². The van der Waals surface area contributed by atoms with Crippen LogP contribution in [0.5, 0.6) is 0 Å². The van der Waals surface area contributed by atoms with Crippen LogP contribution in [0.25, 0.3) is 0 Å². The predicted octanol–water partition coefficient (Wildman–Crippen LogP) is 3.24. The number of hydrogen-bond donors (Lipinski definition) is 2. The van der Waals surface area contributed by atoms with Gasteiger partial charge >= 0.3 is 11.8 Å². The third-order valence-corrected chi connectivity index (χ3v) is 4.63. The third kappa shape index (κ3) is 4.99. The Balaban J connectivity index is 1.45. The highest BCUT2D eigenvalue weighted by molar-refractivity contribution is 6.39. The summed E-state index contributed by atoms with van der Waals surface area (Å²) in [5.41, 5.74) is 2.77. The van der Waals surface area contributed by atoms with Gasteiger partial charge in [-0.1, -0.05) is 23.7 Å². The zero-order valence-electron chi connectivity index (χ0n) is 14.5. The Morgan fingerprint density at radius 3 is 2.42 bits per heavy atom. The monoisotopic (exact) mass is 371 g/mol. The number of rotatable bonds is 5. The summed E-state index contributed by atoms with van der Waals surface area (Å²) in [6.07, 6.45) is 3.05. The number of nitrogens with zero attached hydrogens (tertiary/aromatic N) is 1. The molecule has 6 heteroatoms. The maximum absolute atomic E-state index is 12.0. The van der Waals surface area contributed by atoms with Gasteiger partial charge in [0.15, 0.2) is 0 Å². The molecule has 2 aromatic rings. The first-order chi connectivity index (χ1) is 12.6. The van der Waals surface area contributed by atoms with Gasteiger partial charge in [0.1, 0.15) is 0 Å². The molecule has 2 aromatic carbocycles. The van der Waals surface area contributed by atoms with Crippen LogP contribution in [0.1, 0.15) is 18.4 Å². The van der Waals surface area contributed by atoms with Gasteiger partial charge < -0.3 is 15.5 Å². The number of carbonyl (C=O) groups is 2. The molecule has 0 spiro atoms. The predicted molar refractivity (Wildman–Crippen MR) is 105 cm³/mol. The molecule has 0 bridgehead atoms. The maximum Gasteiger partial charge on any atom is 0.313 e. The van der Waals surface area contributed by atoms with Crippen LogP contribution >= 0.6 is 11.6 Å². The van der Waals surface area contributed by atoms with Crippen LogP contribution in [0, 0.1) is 0 Å². The van der Waals surface area contributed by atoms with Crippen molar-refractivity contribution >= 4 is 34.8 Å². The minimum Gasteiger partial charge on any atom is -0.372 e. The van der Waals surface area contributed by atoms with Crippen LogP contribution in [0.2, 0.25) is 5.02 Å². The van der Waals surface area contributed by atoms with Crippen molar-refractivity contribution in [3.05, 3.63) is 59.1 Å². The largest absolute Gasteiger partial charge is 0.372 e. The number of benzene rings is 2. The molecular formula is C20H22ClN3O2. The van der Waals surface area contributed by atoms with Crippen molar-refractivity contribution in [2.24, 2.45) is 0 Å². The summed E-state index contributed by atoms with van der Waals surface area (Å²) < 4.78 is 0. The summed E-state index contributed by atoms with van der Waals surface area (Å²) in [4.78, 5) is 26.2. The van der Waals surface area contributed by atoms with E-state index in [9.17, 15) is 9.59 Å². The molecule has 136 valence electrons. The molecule has 0 radical (unpaired) electrons. The standard InChI is InChI=1S/C20H22ClN3O2/c21-16-5-3-4-15(14-16)10-11-22-19(25)20(26)23-17-6-8-18(9-7-17)24-12-1-2-13-24/h3-9,14H,1-2,10-13H2,(H,22,25)(H,23,26). The molecule has 0 saturated carbocycles. The summed E-state index contributed by atoms with van der Waals surface area (Å²) in [7, 11) is 0. The summed E-state index contributed by atoms with van der Waals surface area (Å²) >= 11 is 5.93. The van der Waals surface area contributed by atoms with Crippen LogP contribution in [-0.2, 0) is 16.0 Å². The maximum atomic E-state index is 12.0. The highest BCUT2D eigenvalue weighted by atomic mass is 35.5. The fraction of sp³-hybridized carbons (Fsp3) is 0.300. The van der Waals surface area contributed by atoms with E-state index in [1.54, 1.807) is 6.07 Å². The lowest BCUT2D eigenvalue weighted by atomic mass is 10.1. The Bertz CT molecular complexity index is 771. The van der Waals surface area contributed by atoms with Crippen LogP contribution in [0.15, 0.2) is 48.5 Å². The second kappa shape index (κ2) is 8.72. The van der Waals surface area contributed by atoms with Crippen LogP contribution in [0.3, 0.4) is 0 Å². The summed E-state index contributed by atoms with van der Waals surface area (Å²) in [5, 5.41) is 5.91. The molecule has 2 amide bonds. The quantitative estimate of drug-likeness (QED) is 0.793. The molecular weight excluding hydrogens is 350 g/mol. The smallest absolute Gasteiger partial charge is 0.313 e. The Labute approximate surface area is 158 Å². The van der Waals surface area contributed by atoms with E-state index in [-0.39, 0.29) is 0 Å². The van der Waals surface area contributed by atoms with E-state index in [1.807, 2.05) is 42.5 Å². The minimum absolute atomic E-state index is 0.375. The molecule has 1 aliphatic rings. The number of carbonyl (C=O) groups excluding carboxylic acids is 2. The molecule has 0 unspecified atom stereocenters. The first-order valence-electron chi connectivity index (χ1n) is 8.80. The van der Waals surface area contributed by atoms with Crippen LogP contribution in [-0.4, -0.2) is 31.4 Å². The third-order valence-electron chi connectivity index (χ3n) is 4.39. The van der Waals surface area contributed by atoms with E-state index < -0.39 is 11.8 Å². The zero-order valence-corrected chi connectivity index (χ0v) is 15.3. The number of halogens is 1. The van der Waals surface area contributed by atoms with Crippen molar-refractivity contribution in [1.29, 1.82) is 0 Å². The molecule has 2 N–H and O–H groups in total. The fourth-order valence-electron chi connectivity index (χ4n) is 3.01. The van der Waals surface area contributed by atoms with Gasteiger partial charge in [0.25, 0.3) is 0 Å². The highest BCUT2D eigenvalue weighted by Gasteiger charge is 2.15. The van der Waals surface area contributed by atoms with E-state index in [2.05, 4.69) is 15.5 Å². The molecule has 1 aliphatic heterocycles. The van der Waals surface area contributed by atoms with Crippen molar-refractivity contribution in [1.82, 2.24) is 5.32 Å². The van der Waals surface area contributed by atoms with Gasteiger partial charge in [-0.15, -0.1) is 0 Å². The van der Waals surface area contributed by atoms with E-state index in [0.29, 0.717) is 23.7 Å². The highest BCUT2D eigenvalue weighted by Crippen LogP contribution is 2.22. The van der Waals surface area contributed by atoms with E-state index >= 15 is 0 Å². The summed E-state index contributed by atoms with van der Waals surface area (Å²) in [5.74, 6) is -1.30. The van der Waals surface area contributed by atoms with Crippen molar-refractivity contribution in [3.8, 4) is 0 Å². The Hall–Kier alpha value is -2.53. The Morgan fingerprint density at radius 1 is 1.00 bits per heavy atom. The van der Waals surface area contributed by atoms with E-state index in [1.165, 1.54) is 12.8 Å². The van der Waals surface area contributed by atoms with Crippen molar-refractivity contribution in [2.45, 2.75) is 19.3 Å². The van der Waals surface area contributed by atoms with Crippen LogP contribution < -0.4 is 15.5 Å². The Kier molecular flexibility index (Phi) is 6.12. The number of anilines is 2. The first-order valence-corrected chi connectivity index (χ1v) is 9.18. The number of amides is 2. The molecule has 0 aromatic heterocycles. The molecule has 0 aliphatic carbocycles. The minimum atomic E-state index is -0.662. The van der Waals surface area contributed by atoms with Gasteiger partial charge in [0.05, 0.1) is 0 Å².